The molecule has 1 saturated heterocycles. The number of nitrogens with zero attached hydrogens (tertiary/aromatic N) is 1. The van der Waals surface area contributed by atoms with Gasteiger partial charge in [0.25, 0.3) is 12.4 Å². The zero-order valence-electron chi connectivity index (χ0n) is 22.9. The molecule has 1 N–H and O–H groups in total. The third-order valence-corrected chi connectivity index (χ3v) is 8.29. The van der Waals surface area contributed by atoms with E-state index in [1.807, 2.05) is 94.1 Å². The highest BCUT2D eigenvalue weighted by Crippen LogP contribution is 2.41. The van der Waals surface area contributed by atoms with E-state index in [-0.39, 0.29) is 29.7 Å². The average Bonchev–Trinajstić information content (AvgIpc) is 3.76. The Morgan fingerprint density at radius 1 is 1.05 bits per heavy atom. The Bertz CT molecular complexity index is 971. The van der Waals surface area contributed by atoms with Crippen LogP contribution in [-0.2, 0) is 25.1 Å². The van der Waals surface area contributed by atoms with E-state index >= 15 is 0 Å². The molecule has 4 rings (SSSR count). The summed E-state index contributed by atoms with van der Waals surface area (Å²) in [4.78, 5) is 23.6. The topological polar surface area (TPSA) is 83.9 Å². The van der Waals surface area contributed by atoms with Crippen molar-refractivity contribution < 1.29 is 23.6 Å². The maximum Gasteiger partial charge on any atom is 0.290 e. The molecular formula is C29H41Cl2NO5S. The number of halogens is 2. The number of rotatable bonds is 7. The van der Waals surface area contributed by atoms with Crippen LogP contribution in [0.2, 0.25) is 10.0 Å². The first-order valence-corrected chi connectivity index (χ1v) is 15.2. The molecule has 1 amide bonds. The van der Waals surface area contributed by atoms with E-state index in [9.17, 15) is 9.00 Å². The Labute approximate surface area is 240 Å². The lowest BCUT2D eigenvalue weighted by atomic mass is 9.99. The maximum atomic E-state index is 13.2. The van der Waals surface area contributed by atoms with Crippen molar-refractivity contribution in [2.45, 2.75) is 77.3 Å². The molecule has 0 bridgehead atoms. The van der Waals surface area contributed by atoms with Gasteiger partial charge in [-0.05, 0) is 55.0 Å². The monoisotopic (exact) mass is 585 g/mol. The van der Waals surface area contributed by atoms with Gasteiger partial charge < -0.3 is 14.7 Å². The molecule has 6 nitrogen and oxygen atoms in total. The van der Waals surface area contributed by atoms with E-state index < -0.39 is 16.9 Å². The van der Waals surface area contributed by atoms with E-state index in [2.05, 4.69) is 0 Å². The number of carbonyl (C=O) groups is 2. The Hall–Kier alpha value is -1.93. The number of ether oxygens (including phenoxy) is 1. The average molecular weight is 587 g/mol. The number of benzene rings is 2. The second-order valence-corrected chi connectivity index (χ2v) is 11.9. The zero-order chi connectivity index (χ0) is 28.7. The summed E-state index contributed by atoms with van der Waals surface area (Å²) in [5.74, 6) is 1.04. The summed E-state index contributed by atoms with van der Waals surface area (Å²) in [6.07, 6.45) is 2.48. The fraction of sp³-hybridized carbons (Fsp3) is 0.517. The van der Waals surface area contributed by atoms with Crippen molar-refractivity contribution in [2.75, 3.05) is 12.4 Å². The quantitative estimate of drug-likeness (QED) is 0.353. The SMILES string of the molecule is CC.CC[C@H]1OC[C@@H](c2ccc(Cl)cc2)N(C(CS(=O)C(C)C)C2CC2)C1=O.Clc1ccccc1.O=CO. The molecule has 1 heterocycles. The number of hydrogen-bond donors (Lipinski definition) is 1. The van der Waals surface area contributed by atoms with Gasteiger partial charge in [0.15, 0.2) is 0 Å². The van der Waals surface area contributed by atoms with Crippen LogP contribution < -0.4 is 0 Å². The molecule has 9 heteroatoms. The molecule has 0 aromatic heterocycles. The molecule has 2 aromatic carbocycles. The molecule has 2 aromatic rings. The highest BCUT2D eigenvalue weighted by molar-refractivity contribution is 7.85. The van der Waals surface area contributed by atoms with E-state index in [4.69, 9.17) is 37.8 Å². The van der Waals surface area contributed by atoms with E-state index in [0.29, 0.717) is 29.7 Å². The Kier molecular flexibility index (Phi) is 16.5. The Morgan fingerprint density at radius 3 is 2.00 bits per heavy atom. The number of hydrogen-bond acceptors (Lipinski definition) is 4. The van der Waals surface area contributed by atoms with Crippen LogP contribution in [0.5, 0.6) is 0 Å². The minimum absolute atomic E-state index is 0.0179. The molecule has 2 fully saturated rings. The molecule has 1 saturated carbocycles. The lowest BCUT2D eigenvalue weighted by molar-refractivity contribution is -0.164. The minimum atomic E-state index is -0.943. The number of carbonyl (C=O) groups excluding carboxylic acids is 1. The molecule has 212 valence electrons. The second kappa shape index (κ2) is 18.4. The van der Waals surface area contributed by atoms with Crippen molar-refractivity contribution in [2.24, 2.45) is 5.92 Å². The first-order valence-electron chi connectivity index (χ1n) is 13.1. The molecule has 1 aliphatic heterocycles. The van der Waals surface area contributed by atoms with Gasteiger partial charge in [0.2, 0.25) is 0 Å². The Morgan fingerprint density at radius 2 is 1.58 bits per heavy atom. The minimum Gasteiger partial charge on any atom is -0.483 e. The summed E-state index contributed by atoms with van der Waals surface area (Å²) in [6.45, 7) is 10.2. The molecule has 4 atom stereocenters. The molecular weight excluding hydrogens is 545 g/mol. The van der Waals surface area contributed by atoms with Crippen molar-refractivity contribution in [3.05, 3.63) is 70.2 Å². The highest BCUT2D eigenvalue weighted by Gasteiger charge is 2.46. The van der Waals surface area contributed by atoms with Gasteiger partial charge in [-0.2, -0.15) is 0 Å². The van der Waals surface area contributed by atoms with Gasteiger partial charge >= 0.3 is 0 Å². The number of carboxylic acid groups (broad SMARTS) is 1. The molecule has 2 unspecified atom stereocenters. The summed E-state index contributed by atoms with van der Waals surface area (Å²) in [7, 11) is -0.943. The molecule has 0 spiro atoms. The van der Waals surface area contributed by atoms with Crippen molar-refractivity contribution in [1.29, 1.82) is 0 Å². The molecule has 1 aliphatic carbocycles. The summed E-state index contributed by atoms with van der Waals surface area (Å²) in [6, 6.07) is 17.0. The summed E-state index contributed by atoms with van der Waals surface area (Å²) in [5, 5.41) is 8.46. The van der Waals surface area contributed by atoms with Crippen LogP contribution in [0.3, 0.4) is 0 Å². The van der Waals surface area contributed by atoms with Crippen LogP contribution in [0, 0.1) is 5.92 Å². The van der Waals surface area contributed by atoms with Crippen molar-refractivity contribution in [3.8, 4) is 0 Å². The predicted octanol–water partition coefficient (Wildman–Crippen LogP) is 7.02. The summed E-state index contributed by atoms with van der Waals surface area (Å²) in [5.41, 5.74) is 1.03. The van der Waals surface area contributed by atoms with Crippen molar-refractivity contribution in [3.63, 3.8) is 0 Å². The number of morpholine rings is 1. The molecule has 0 radical (unpaired) electrons. The summed E-state index contributed by atoms with van der Waals surface area (Å²) >= 11 is 11.6. The lowest BCUT2D eigenvalue weighted by Crippen LogP contribution is -2.56. The molecule has 2 aliphatic rings. The zero-order valence-corrected chi connectivity index (χ0v) is 25.2. The van der Waals surface area contributed by atoms with Gasteiger partial charge in [0, 0.05) is 37.9 Å². The van der Waals surface area contributed by atoms with Gasteiger partial charge in [-0.15, -0.1) is 0 Å². The van der Waals surface area contributed by atoms with Gasteiger partial charge in [0.1, 0.15) is 6.10 Å². The van der Waals surface area contributed by atoms with Gasteiger partial charge in [0.05, 0.1) is 12.6 Å². The smallest absolute Gasteiger partial charge is 0.290 e. The van der Waals surface area contributed by atoms with Crippen LogP contribution >= 0.6 is 23.2 Å². The van der Waals surface area contributed by atoms with E-state index in [1.165, 1.54) is 0 Å². The van der Waals surface area contributed by atoms with Crippen LogP contribution in [0.1, 0.15) is 65.5 Å². The van der Waals surface area contributed by atoms with Crippen molar-refractivity contribution in [1.82, 2.24) is 4.90 Å². The normalized spacial score (nSPS) is 20.0. The standard InChI is InChI=1S/C20H28ClNO3S.C6H5Cl.C2H6.CH2O2/c1-4-19-20(23)22(18(15-5-6-15)12-26(24)13(2)3)17(11-25-19)14-7-9-16(21)10-8-14;7-6-4-2-1-3-5-6;1-2;2-1-3/h7-10,13,15,17-19H,4-6,11-12H2,1-3H3;1-5H;1-2H3;1H,(H,2,3)/t17-,18?,19+,26?;;;/m0.../s1. The van der Waals surface area contributed by atoms with E-state index in [1.54, 1.807) is 0 Å². The first-order chi connectivity index (χ1) is 18.2. The van der Waals surface area contributed by atoms with Crippen molar-refractivity contribution >= 4 is 46.4 Å². The fourth-order valence-corrected chi connectivity index (χ4v) is 5.43. The lowest BCUT2D eigenvalue weighted by Gasteiger charge is -2.44. The third kappa shape index (κ3) is 11.0. The van der Waals surface area contributed by atoms with Gasteiger partial charge in [-0.1, -0.05) is 88.2 Å². The second-order valence-electron chi connectivity index (χ2n) is 8.94. The van der Waals surface area contributed by atoms with Crippen LogP contribution in [-0.4, -0.2) is 56.4 Å². The molecule has 38 heavy (non-hydrogen) atoms. The Balaban J connectivity index is 0.000000502. The number of amides is 1. The van der Waals surface area contributed by atoms with Gasteiger partial charge in [-0.3, -0.25) is 13.8 Å². The van der Waals surface area contributed by atoms with Gasteiger partial charge in [-0.25, -0.2) is 0 Å². The van der Waals surface area contributed by atoms with Crippen LogP contribution in [0.15, 0.2) is 54.6 Å². The largest absolute Gasteiger partial charge is 0.483 e. The third-order valence-electron chi connectivity index (χ3n) is 6.06. The maximum absolute atomic E-state index is 13.2. The fourth-order valence-electron chi connectivity index (χ4n) is 4.01. The first kappa shape index (κ1) is 34.1. The summed E-state index contributed by atoms with van der Waals surface area (Å²) < 4.78 is 18.5. The highest BCUT2D eigenvalue weighted by atomic mass is 35.5. The van der Waals surface area contributed by atoms with Crippen LogP contribution in [0.25, 0.3) is 0 Å². The predicted molar refractivity (Wildman–Crippen MR) is 157 cm³/mol. The van der Waals surface area contributed by atoms with Crippen LogP contribution in [0.4, 0.5) is 0 Å². The van der Waals surface area contributed by atoms with E-state index in [0.717, 1.165) is 23.4 Å².